The minimum atomic E-state index is -0.396. The Balaban J connectivity index is 1.84. The fourth-order valence-corrected chi connectivity index (χ4v) is 2.83. The van der Waals surface area contributed by atoms with E-state index < -0.39 is 5.79 Å². The van der Waals surface area contributed by atoms with Crippen LogP contribution in [-0.4, -0.2) is 25.5 Å². The summed E-state index contributed by atoms with van der Waals surface area (Å²) < 4.78 is 12.8. The Morgan fingerprint density at radius 3 is 2.30 bits per heavy atom. The number of rotatable bonds is 6. The van der Waals surface area contributed by atoms with Crippen molar-refractivity contribution in [2.75, 3.05) is 19.8 Å². The molecule has 0 amide bonds. The Bertz CT molecular complexity index is 413. The minimum Gasteiger partial charge on any atom is -0.347 e. The van der Waals surface area contributed by atoms with Crippen LogP contribution < -0.4 is 5.32 Å². The molecule has 0 radical (unpaired) electrons. The highest BCUT2D eigenvalue weighted by Gasteiger charge is 2.39. The number of hydrogen-bond acceptors (Lipinski definition) is 3. The van der Waals surface area contributed by atoms with Crippen LogP contribution in [0.5, 0.6) is 0 Å². The van der Waals surface area contributed by atoms with Crippen molar-refractivity contribution in [3.63, 3.8) is 0 Å². The number of benzene rings is 1. The maximum absolute atomic E-state index is 5.84. The quantitative estimate of drug-likeness (QED) is 0.851. The van der Waals surface area contributed by atoms with Gasteiger partial charge in [0.2, 0.25) is 0 Å². The third-order valence-electron chi connectivity index (χ3n) is 3.95. The van der Waals surface area contributed by atoms with Crippen LogP contribution in [0.2, 0.25) is 0 Å². The van der Waals surface area contributed by atoms with Gasteiger partial charge >= 0.3 is 0 Å². The summed E-state index contributed by atoms with van der Waals surface area (Å²) in [5.41, 5.74) is 1.29. The zero-order valence-corrected chi connectivity index (χ0v) is 14.1. The van der Waals surface area contributed by atoms with Gasteiger partial charge in [0.1, 0.15) is 0 Å². The van der Waals surface area contributed by atoms with Gasteiger partial charge in [-0.2, -0.15) is 0 Å². The second kappa shape index (κ2) is 7.03. The predicted octanol–water partition coefficient (Wildman–Crippen LogP) is 3.89. The molecule has 1 fully saturated rings. The molecular weight excluding hydrogens is 318 g/mol. The average molecular weight is 342 g/mol. The van der Waals surface area contributed by atoms with Crippen LogP contribution in [0, 0.1) is 5.92 Å². The molecule has 1 N–H and O–H groups in total. The summed E-state index contributed by atoms with van der Waals surface area (Å²) in [6.45, 7) is 8.80. The smallest absolute Gasteiger partial charge is 0.171 e. The fourth-order valence-electron chi connectivity index (χ4n) is 2.57. The molecule has 2 rings (SSSR count). The molecule has 0 aliphatic carbocycles. The maximum Gasteiger partial charge on any atom is 0.171 e. The maximum atomic E-state index is 5.84. The molecule has 1 aliphatic heterocycles. The minimum absolute atomic E-state index is 0.328. The molecule has 0 bridgehead atoms. The highest BCUT2D eigenvalue weighted by Crippen LogP contribution is 2.31. The van der Waals surface area contributed by atoms with Crippen LogP contribution in [0.4, 0.5) is 0 Å². The van der Waals surface area contributed by atoms with E-state index in [1.807, 2.05) is 0 Å². The second-order valence-corrected chi connectivity index (χ2v) is 6.56. The van der Waals surface area contributed by atoms with Crippen molar-refractivity contribution in [2.45, 2.75) is 39.0 Å². The van der Waals surface area contributed by atoms with Gasteiger partial charge in [-0.05, 0) is 24.6 Å². The summed E-state index contributed by atoms with van der Waals surface area (Å²) in [5.74, 6) is -0.0262. The van der Waals surface area contributed by atoms with Crippen molar-refractivity contribution in [1.29, 1.82) is 0 Å². The number of halogens is 1. The highest BCUT2D eigenvalue weighted by molar-refractivity contribution is 9.10. The molecule has 112 valence electrons. The molecule has 1 atom stereocenters. The Kier molecular flexibility index (Phi) is 5.61. The standard InChI is InChI=1S/C16H24BrNO2/c1-12(2)16(19-10-11-20-16)8-9-18-13(3)14-4-6-15(17)7-5-14/h4-7,12-13,18H,8-11H2,1-3H3/t13-/m0/s1. The van der Waals surface area contributed by atoms with Crippen molar-refractivity contribution < 1.29 is 9.47 Å². The molecule has 0 aromatic heterocycles. The van der Waals surface area contributed by atoms with E-state index >= 15 is 0 Å². The van der Waals surface area contributed by atoms with E-state index in [0.717, 1.165) is 17.4 Å². The second-order valence-electron chi connectivity index (χ2n) is 5.64. The molecule has 0 saturated carbocycles. The van der Waals surface area contributed by atoms with Crippen LogP contribution in [0.1, 0.15) is 38.8 Å². The van der Waals surface area contributed by atoms with E-state index in [-0.39, 0.29) is 0 Å². The molecule has 4 heteroatoms. The molecule has 1 aromatic rings. The van der Waals surface area contributed by atoms with Crippen LogP contribution in [0.25, 0.3) is 0 Å². The normalized spacial score (nSPS) is 19.4. The zero-order chi connectivity index (χ0) is 14.6. The SMILES string of the molecule is CC(C)C1(CCN[C@@H](C)c2ccc(Br)cc2)OCCO1. The first-order chi connectivity index (χ1) is 9.53. The van der Waals surface area contributed by atoms with Crippen LogP contribution in [0.15, 0.2) is 28.7 Å². The van der Waals surface area contributed by atoms with E-state index in [2.05, 4.69) is 66.3 Å². The lowest BCUT2D eigenvalue weighted by Crippen LogP contribution is -2.39. The number of nitrogens with one attached hydrogen (secondary N) is 1. The predicted molar refractivity (Wildman–Crippen MR) is 84.6 cm³/mol. The molecule has 1 heterocycles. The van der Waals surface area contributed by atoms with E-state index in [9.17, 15) is 0 Å². The summed E-state index contributed by atoms with van der Waals surface area (Å²) >= 11 is 3.46. The molecule has 1 aliphatic rings. The third-order valence-corrected chi connectivity index (χ3v) is 4.48. The van der Waals surface area contributed by atoms with Gasteiger partial charge in [-0.3, -0.25) is 0 Å². The van der Waals surface area contributed by atoms with E-state index in [4.69, 9.17) is 9.47 Å². The lowest BCUT2D eigenvalue weighted by Gasteiger charge is -2.32. The zero-order valence-electron chi connectivity index (χ0n) is 12.5. The lowest BCUT2D eigenvalue weighted by molar-refractivity contribution is -0.191. The molecule has 0 unspecified atom stereocenters. The van der Waals surface area contributed by atoms with Crippen LogP contribution in [0.3, 0.4) is 0 Å². The van der Waals surface area contributed by atoms with Crippen molar-refractivity contribution in [3.8, 4) is 0 Å². The van der Waals surface area contributed by atoms with E-state index in [1.165, 1.54) is 5.56 Å². The summed E-state index contributed by atoms with van der Waals surface area (Å²) in [5, 5.41) is 3.55. The van der Waals surface area contributed by atoms with Crippen molar-refractivity contribution >= 4 is 15.9 Å². The fraction of sp³-hybridized carbons (Fsp3) is 0.625. The van der Waals surface area contributed by atoms with Crippen molar-refractivity contribution in [1.82, 2.24) is 5.32 Å². The largest absolute Gasteiger partial charge is 0.347 e. The summed E-state index contributed by atoms with van der Waals surface area (Å²) in [6, 6.07) is 8.76. The van der Waals surface area contributed by atoms with Gasteiger partial charge in [-0.25, -0.2) is 0 Å². The van der Waals surface area contributed by atoms with E-state index in [0.29, 0.717) is 25.2 Å². The van der Waals surface area contributed by atoms with Crippen molar-refractivity contribution in [3.05, 3.63) is 34.3 Å². The average Bonchev–Trinajstić information content (AvgIpc) is 2.89. The van der Waals surface area contributed by atoms with Gasteiger partial charge in [0.15, 0.2) is 5.79 Å². The summed E-state index contributed by atoms with van der Waals surface area (Å²) in [6.07, 6.45) is 0.880. The lowest BCUT2D eigenvalue weighted by atomic mass is 9.99. The molecule has 1 saturated heterocycles. The van der Waals surface area contributed by atoms with Crippen LogP contribution in [-0.2, 0) is 9.47 Å². The topological polar surface area (TPSA) is 30.5 Å². The first-order valence-corrected chi connectivity index (χ1v) is 8.09. The Hall–Kier alpha value is -0.420. The van der Waals surface area contributed by atoms with Gasteiger partial charge < -0.3 is 14.8 Å². The molecule has 1 aromatic carbocycles. The Labute approximate surface area is 130 Å². The van der Waals surface area contributed by atoms with Gasteiger partial charge in [0.05, 0.1) is 13.2 Å². The molecule has 3 nitrogen and oxygen atoms in total. The molecule has 0 spiro atoms. The van der Waals surface area contributed by atoms with Gasteiger partial charge in [0, 0.05) is 29.4 Å². The number of ether oxygens (including phenoxy) is 2. The first-order valence-electron chi connectivity index (χ1n) is 7.30. The summed E-state index contributed by atoms with van der Waals surface area (Å²) in [4.78, 5) is 0. The number of hydrogen-bond donors (Lipinski definition) is 1. The third kappa shape index (κ3) is 3.82. The van der Waals surface area contributed by atoms with Crippen molar-refractivity contribution in [2.24, 2.45) is 5.92 Å². The summed E-state index contributed by atoms with van der Waals surface area (Å²) in [7, 11) is 0. The van der Waals surface area contributed by atoms with Crippen LogP contribution >= 0.6 is 15.9 Å². The van der Waals surface area contributed by atoms with Gasteiger partial charge in [-0.15, -0.1) is 0 Å². The van der Waals surface area contributed by atoms with Gasteiger partial charge in [-0.1, -0.05) is 41.9 Å². The van der Waals surface area contributed by atoms with Gasteiger partial charge in [0.25, 0.3) is 0 Å². The highest BCUT2D eigenvalue weighted by atomic mass is 79.9. The Morgan fingerprint density at radius 1 is 1.15 bits per heavy atom. The Morgan fingerprint density at radius 2 is 1.75 bits per heavy atom. The van der Waals surface area contributed by atoms with E-state index in [1.54, 1.807) is 0 Å². The monoisotopic (exact) mass is 341 g/mol. The first kappa shape index (κ1) is 16.0. The molecule has 20 heavy (non-hydrogen) atoms. The molecular formula is C16H24BrNO2.